The van der Waals surface area contributed by atoms with Crippen LogP contribution in [0.3, 0.4) is 0 Å². The molecule has 1 aromatic heterocycles. The molecule has 1 saturated heterocycles. The van der Waals surface area contributed by atoms with Crippen molar-refractivity contribution >= 4 is 15.9 Å². The molecule has 2 heterocycles. The molecule has 0 saturated carbocycles. The zero-order valence-corrected chi connectivity index (χ0v) is 9.98. The molecule has 0 bridgehead atoms. The SMILES string of the molecule is OCc1ccncc1[C@H]1CO[C@@H](CBr)C1. The minimum absolute atomic E-state index is 0.0767. The van der Waals surface area contributed by atoms with Crippen LogP contribution in [0.2, 0.25) is 0 Å². The van der Waals surface area contributed by atoms with Crippen molar-refractivity contribution in [3.05, 3.63) is 29.6 Å². The number of aliphatic hydroxyl groups is 1. The van der Waals surface area contributed by atoms with Gasteiger partial charge in [0.05, 0.1) is 19.3 Å². The Bertz CT molecular complexity index is 332. The molecule has 4 heteroatoms. The van der Waals surface area contributed by atoms with Crippen LogP contribution in [0.15, 0.2) is 18.5 Å². The third-order valence-electron chi connectivity index (χ3n) is 2.81. The van der Waals surface area contributed by atoms with Gasteiger partial charge in [0.25, 0.3) is 0 Å². The number of pyridine rings is 1. The van der Waals surface area contributed by atoms with Gasteiger partial charge in [-0.1, -0.05) is 15.9 Å². The summed E-state index contributed by atoms with van der Waals surface area (Å²) in [5.41, 5.74) is 2.09. The molecule has 1 aromatic rings. The fourth-order valence-electron chi connectivity index (χ4n) is 1.98. The minimum Gasteiger partial charge on any atom is -0.392 e. The van der Waals surface area contributed by atoms with Crippen LogP contribution < -0.4 is 0 Å². The Morgan fingerprint density at radius 1 is 1.60 bits per heavy atom. The lowest BCUT2D eigenvalue weighted by atomic mass is 9.94. The molecule has 0 unspecified atom stereocenters. The molecular weight excluding hydrogens is 258 g/mol. The summed E-state index contributed by atoms with van der Waals surface area (Å²) in [7, 11) is 0. The first-order chi connectivity index (χ1) is 7.35. The van der Waals surface area contributed by atoms with Crippen molar-refractivity contribution in [1.29, 1.82) is 0 Å². The zero-order chi connectivity index (χ0) is 10.7. The van der Waals surface area contributed by atoms with Gasteiger partial charge in [-0.2, -0.15) is 0 Å². The Labute approximate surface area is 97.6 Å². The monoisotopic (exact) mass is 271 g/mol. The first-order valence-corrected chi connectivity index (χ1v) is 6.18. The molecule has 1 N–H and O–H groups in total. The Kier molecular flexibility index (Phi) is 3.72. The number of alkyl halides is 1. The molecule has 15 heavy (non-hydrogen) atoms. The van der Waals surface area contributed by atoms with Crippen LogP contribution in [0.4, 0.5) is 0 Å². The molecule has 2 atom stereocenters. The Hall–Kier alpha value is -0.450. The van der Waals surface area contributed by atoms with Crippen LogP contribution in [-0.2, 0) is 11.3 Å². The maximum absolute atomic E-state index is 9.22. The summed E-state index contributed by atoms with van der Waals surface area (Å²) in [5.74, 6) is 0.378. The maximum atomic E-state index is 9.22. The molecule has 3 nitrogen and oxygen atoms in total. The molecule has 0 aliphatic carbocycles. The number of aliphatic hydroxyl groups excluding tert-OH is 1. The van der Waals surface area contributed by atoms with Gasteiger partial charge < -0.3 is 9.84 Å². The first-order valence-electron chi connectivity index (χ1n) is 5.06. The van der Waals surface area contributed by atoms with Crippen LogP contribution in [-0.4, -0.2) is 28.1 Å². The second-order valence-corrected chi connectivity index (χ2v) is 4.42. The smallest absolute Gasteiger partial charge is 0.0685 e. The second-order valence-electron chi connectivity index (χ2n) is 3.77. The lowest BCUT2D eigenvalue weighted by Gasteiger charge is -2.11. The predicted molar refractivity (Wildman–Crippen MR) is 61.1 cm³/mol. The summed E-state index contributed by atoms with van der Waals surface area (Å²) in [5, 5.41) is 10.1. The van der Waals surface area contributed by atoms with Gasteiger partial charge in [0.2, 0.25) is 0 Å². The quantitative estimate of drug-likeness (QED) is 0.854. The van der Waals surface area contributed by atoms with Crippen LogP contribution in [0.1, 0.15) is 23.5 Å². The fourth-order valence-corrected chi connectivity index (χ4v) is 2.43. The van der Waals surface area contributed by atoms with Crippen LogP contribution >= 0.6 is 15.9 Å². The topological polar surface area (TPSA) is 42.4 Å². The van der Waals surface area contributed by atoms with E-state index in [0.717, 1.165) is 29.5 Å². The van der Waals surface area contributed by atoms with Gasteiger partial charge in [0, 0.05) is 23.6 Å². The van der Waals surface area contributed by atoms with Gasteiger partial charge >= 0.3 is 0 Å². The number of halogens is 1. The zero-order valence-electron chi connectivity index (χ0n) is 8.40. The molecule has 1 aliphatic rings. The molecular formula is C11H14BrNO2. The highest BCUT2D eigenvalue weighted by molar-refractivity contribution is 9.09. The van der Waals surface area contributed by atoms with Crippen molar-refractivity contribution in [2.45, 2.75) is 25.0 Å². The van der Waals surface area contributed by atoms with Gasteiger partial charge in [-0.05, 0) is 23.6 Å². The molecule has 0 amide bonds. The summed E-state index contributed by atoms with van der Waals surface area (Å²) in [6, 6.07) is 1.87. The van der Waals surface area contributed by atoms with Crippen LogP contribution in [0.5, 0.6) is 0 Å². The third kappa shape index (κ3) is 2.38. The third-order valence-corrected chi connectivity index (χ3v) is 3.53. The Morgan fingerprint density at radius 2 is 2.47 bits per heavy atom. The maximum Gasteiger partial charge on any atom is 0.0685 e. The van der Waals surface area contributed by atoms with E-state index in [-0.39, 0.29) is 6.61 Å². The van der Waals surface area contributed by atoms with Crippen LogP contribution in [0.25, 0.3) is 0 Å². The largest absolute Gasteiger partial charge is 0.392 e. The average Bonchev–Trinajstić information content (AvgIpc) is 2.77. The highest BCUT2D eigenvalue weighted by Crippen LogP contribution is 2.31. The fraction of sp³-hybridized carbons (Fsp3) is 0.545. The van der Waals surface area contributed by atoms with E-state index in [9.17, 15) is 5.11 Å². The molecule has 1 fully saturated rings. The number of hydrogen-bond donors (Lipinski definition) is 1. The van der Waals surface area contributed by atoms with Crippen molar-refractivity contribution in [2.75, 3.05) is 11.9 Å². The molecule has 0 aromatic carbocycles. The van der Waals surface area contributed by atoms with E-state index >= 15 is 0 Å². The van der Waals surface area contributed by atoms with Crippen molar-refractivity contribution in [1.82, 2.24) is 4.98 Å². The lowest BCUT2D eigenvalue weighted by molar-refractivity contribution is 0.127. The second kappa shape index (κ2) is 5.05. The Balaban J connectivity index is 2.16. The lowest BCUT2D eigenvalue weighted by Crippen LogP contribution is -2.06. The van der Waals surface area contributed by atoms with E-state index in [1.165, 1.54) is 0 Å². The van der Waals surface area contributed by atoms with E-state index in [0.29, 0.717) is 12.0 Å². The van der Waals surface area contributed by atoms with Gasteiger partial charge in [0.1, 0.15) is 0 Å². The van der Waals surface area contributed by atoms with E-state index in [2.05, 4.69) is 20.9 Å². The number of rotatable bonds is 3. The van der Waals surface area contributed by atoms with Crippen LogP contribution in [0, 0.1) is 0 Å². The molecule has 0 spiro atoms. The number of aromatic nitrogens is 1. The van der Waals surface area contributed by atoms with E-state index in [1.807, 2.05) is 12.3 Å². The summed E-state index contributed by atoms with van der Waals surface area (Å²) in [4.78, 5) is 4.11. The normalized spacial score (nSPS) is 25.7. The Morgan fingerprint density at radius 3 is 3.13 bits per heavy atom. The first kappa shape index (κ1) is 11.0. The number of nitrogens with zero attached hydrogens (tertiary/aromatic N) is 1. The van der Waals surface area contributed by atoms with E-state index in [4.69, 9.17) is 4.74 Å². The number of hydrogen-bond acceptors (Lipinski definition) is 3. The number of ether oxygens (including phenoxy) is 1. The van der Waals surface area contributed by atoms with Gasteiger partial charge in [-0.25, -0.2) is 0 Å². The molecule has 0 radical (unpaired) electrons. The van der Waals surface area contributed by atoms with E-state index in [1.54, 1.807) is 6.20 Å². The van der Waals surface area contributed by atoms with Gasteiger partial charge in [-0.15, -0.1) is 0 Å². The molecule has 2 rings (SSSR count). The van der Waals surface area contributed by atoms with Crippen molar-refractivity contribution in [3.63, 3.8) is 0 Å². The van der Waals surface area contributed by atoms with Crippen molar-refractivity contribution in [2.24, 2.45) is 0 Å². The molecule has 1 aliphatic heterocycles. The minimum atomic E-state index is 0.0767. The van der Waals surface area contributed by atoms with Crippen molar-refractivity contribution < 1.29 is 9.84 Å². The average molecular weight is 272 g/mol. The standard InChI is InChI=1S/C11H14BrNO2/c12-4-10-3-9(7-15-10)11-5-13-2-1-8(11)6-14/h1-2,5,9-10,14H,3-4,6-7H2/t9-,10-/m1/s1. The van der Waals surface area contributed by atoms with Gasteiger partial charge in [-0.3, -0.25) is 4.98 Å². The predicted octanol–water partition coefficient (Wildman–Crippen LogP) is 1.84. The summed E-state index contributed by atoms with van der Waals surface area (Å²) in [6.45, 7) is 0.808. The summed E-state index contributed by atoms with van der Waals surface area (Å²) < 4.78 is 5.61. The van der Waals surface area contributed by atoms with Crippen molar-refractivity contribution in [3.8, 4) is 0 Å². The summed E-state index contributed by atoms with van der Waals surface area (Å²) >= 11 is 3.42. The highest BCUT2D eigenvalue weighted by Gasteiger charge is 2.27. The highest BCUT2D eigenvalue weighted by atomic mass is 79.9. The molecule has 82 valence electrons. The van der Waals surface area contributed by atoms with E-state index < -0.39 is 0 Å². The van der Waals surface area contributed by atoms with Gasteiger partial charge in [0.15, 0.2) is 0 Å². The summed E-state index contributed by atoms with van der Waals surface area (Å²) in [6.07, 6.45) is 4.86.